The Bertz CT molecular complexity index is 476. The Morgan fingerprint density at radius 3 is 2.65 bits per heavy atom. The van der Waals surface area contributed by atoms with Gasteiger partial charge in [0.05, 0.1) is 17.0 Å². The van der Waals surface area contributed by atoms with Gasteiger partial charge in [-0.25, -0.2) is 13.8 Å². The summed E-state index contributed by atoms with van der Waals surface area (Å²) in [6.07, 6.45) is -3.67. The average molecular weight is 246 g/mol. The summed E-state index contributed by atoms with van der Waals surface area (Å²) < 4.78 is 25.0. The topological polar surface area (TPSA) is 93.3 Å². The smallest absolute Gasteiger partial charge is 0.309 e. The van der Waals surface area contributed by atoms with Gasteiger partial charge in [0.25, 0.3) is 12.1 Å². The Morgan fingerprint density at radius 2 is 2.24 bits per heavy atom. The normalized spacial score (nSPS) is 10.6. The summed E-state index contributed by atoms with van der Waals surface area (Å²) >= 11 is 0. The zero-order valence-electron chi connectivity index (χ0n) is 8.68. The number of aliphatic carboxylic acids is 1. The molecule has 0 unspecified atom stereocenters. The third kappa shape index (κ3) is 2.92. The van der Waals surface area contributed by atoms with Gasteiger partial charge in [-0.3, -0.25) is 14.9 Å². The molecule has 17 heavy (non-hydrogen) atoms. The molecule has 92 valence electrons. The van der Waals surface area contributed by atoms with Crippen LogP contribution in [0, 0.1) is 17.0 Å². The predicted molar refractivity (Wildman–Crippen MR) is 51.9 cm³/mol. The number of hydrogen-bond donors (Lipinski definition) is 1. The van der Waals surface area contributed by atoms with Gasteiger partial charge in [0.15, 0.2) is 5.69 Å². The highest BCUT2D eigenvalue weighted by atomic mass is 19.3. The van der Waals surface area contributed by atoms with E-state index in [1.165, 1.54) is 6.92 Å². The van der Waals surface area contributed by atoms with Crippen molar-refractivity contribution < 1.29 is 23.6 Å². The third-order valence-electron chi connectivity index (χ3n) is 2.05. The molecule has 0 atom stereocenters. The molecule has 0 amide bonds. The van der Waals surface area contributed by atoms with Crippen LogP contribution in [0.5, 0.6) is 0 Å². The van der Waals surface area contributed by atoms with E-state index in [0.29, 0.717) is 0 Å². The molecule has 0 bridgehead atoms. The van der Waals surface area contributed by atoms with Crippen molar-refractivity contribution in [3.8, 4) is 0 Å². The molecular formula is C9H8F2N2O4. The van der Waals surface area contributed by atoms with Crippen LogP contribution in [0.4, 0.5) is 14.5 Å². The first kappa shape index (κ1) is 12.9. The van der Waals surface area contributed by atoms with Crippen molar-refractivity contribution in [3.63, 3.8) is 0 Å². The molecule has 8 heteroatoms. The van der Waals surface area contributed by atoms with E-state index in [1.807, 2.05) is 0 Å². The second-order valence-corrected chi connectivity index (χ2v) is 3.28. The molecule has 0 saturated heterocycles. The molecule has 1 aromatic rings. The number of hydrogen-bond acceptors (Lipinski definition) is 4. The molecular weight excluding hydrogens is 238 g/mol. The number of alkyl halides is 2. The highest BCUT2D eigenvalue weighted by Gasteiger charge is 2.25. The number of nitrogens with zero attached hydrogens (tertiary/aromatic N) is 2. The summed E-state index contributed by atoms with van der Waals surface area (Å²) in [6.45, 7) is 1.38. The molecule has 0 spiro atoms. The van der Waals surface area contributed by atoms with E-state index in [2.05, 4.69) is 4.98 Å². The van der Waals surface area contributed by atoms with Crippen LogP contribution >= 0.6 is 0 Å². The van der Waals surface area contributed by atoms with Gasteiger partial charge >= 0.3 is 5.97 Å². The van der Waals surface area contributed by atoms with E-state index in [4.69, 9.17) is 5.11 Å². The fraction of sp³-hybridized carbons (Fsp3) is 0.333. The number of pyridine rings is 1. The lowest BCUT2D eigenvalue weighted by Crippen LogP contribution is -2.09. The predicted octanol–water partition coefficient (Wildman–Crippen LogP) is 1.86. The summed E-state index contributed by atoms with van der Waals surface area (Å²) in [5.74, 6) is -1.24. The van der Waals surface area contributed by atoms with Crippen LogP contribution in [0.1, 0.15) is 23.4 Å². The van der Waals surface area contributed by atoms with Crippen LogP contribution < -0.4 is 0 Å². The van der Waals surface area contributed by atoms with E-state index in [9.17, 15) is 23.7 Å². The van der Waals surface area contributed by atoms with Crippen LogP contribution in [0.15, 0.2) is 6.07 Å². The lowest BCUT2D eigenvalue weighted by molar-refractivity contribution is -0.386. The SMILES string of the molecule is Cc1cc([N+](=O)[O-])c(C(F)F)nc1CC(=O)O. The molecule has 1 heterocycles. The molecule has 0 aliphatic carbocycles. The lowest BCUT2D eigenvalue weighted by Gasteiger charge is -2.06. The molecule has 1 N–H and O–H groups in total. The highest BCUT2D eigenvalue weighted by molar-refractivity contribution is 5.70. The molecule has 0 saturated carbocycles. The third-order valence-corrected chi connectivity index (χ3v) is 2.05. The van der Waals surface area contributed by atoms with Crippen molar-refractivity contribution in [2.45, 2.75) is 19.8 Å². The molecule has 0 aliphatic heterocycles. The first-order chi connectivity index (χ1) is 7.82. The largest absolute Gasteiger partial charge is 0.481 e. The van der Waals surface area contributed by atoms with Gasteiger partial charge in [-0.15, -0.1) is 0 Å². The van der Waals surface area contributed by atoms with E-state index in [-0.39, 0.29) is 11.3 Å². The van der Waals surface area contributed by atoms with Gasteiger partial charge in [-0.1, -0.05) is 0 Å². The summed E-state index contributed by atoms with van der Waals surface area (Å²) in [7, 11) is 0. The van der Waals surface area contributed by atoms with Gasteiger partial charge in [-0.2, -0.15) is 0 Å². The number of carbonyl (C=O) groups is 1. The Kier molecular flexibility index (Phi) is 3.66. The molecule has 0 fully saturated rings. The Labute approximate surface area is 94.1 Å². The van der Waals surface area contributed by atoms with Crippen molar-refractivity contribution in [2.75, 3.05) is 0 Å². The van der Waals surface area contributed by atoms with Gasteiger partial charge < -0.3 is 5.11 Å². The minimum Gasteiger partial charge on any atom is -0.481 e. The Balaban J connectivity index is 3.34. The van der Waals surface area contributed by atoms with Crippen LogP contribution in [-0.2, 0) is 11.2 Å². The van der Waals surface area contributed by atoms with E-state index in [0.717, 1.165) is 6.07 Å². The van der Waals surface area contributed by atoms with Crippen molar-refractivity contribution in [1.82, 2.24) is 4.98 Å². The van der Waals surface area contributed by atoms with E-state index >= 15 is 0 Å². The molecule has 0 aromatic carbocycles. The molecule has 0 aliphatic rings. The van der Waals surface area contributed by atoms with Gasteiger partial charge in [-0.05, 0) is 12.5 Å². The summed E-state index contributed by atoms with van der Waals surface area (Å²) in [5, 5.41) is 19.1. The zero-order chi connectivity index (χ0) is 13.2. The minimum atomic E-state index is -3.12. The fourth-order valence-corrected chi connectivity index (χ4v) is 1.28. The zero-order valence-corrected chi connectivity index (χ0v) is 8.68. The number of aryl methyl sites for hydroxylation is 1. The Hall–Kier alpha value is -2.12. The fourth-order valence-electron chi connectivity index (χ4n) is 1.28. The van der Waals surface area contributed by atoms with Crippen molar-refractivity contribution in [1.29, 1.82) is 0 Å². The minimum absolute atomic E-state index is 0.0987. The molecule has 0 radical (unpaired) electrons. The van der Waals surface area contributed by atoms with E-state index in [1.54, 1.807) is 0 Å². The highest BCUT2D eigenvalue weighted by Crippen LogP contribution is 2.28. The van der Waals surface area contributed by atoms with Crippen LogP contribution in [-0.4, -0.2) is 21.0 Å². The standard InChI is InChI=1S/C9H8F2N2O4/c1-4-2-6(13(16)17)8(9(10)11)12-5(4)3-7(14)15/h2,9H,3H2,1H3,(H,14,15). The Morgan fingerprint density at radius 1 is 1.65 bits per heavy atom. The molecule has 1 aromatic heterocycles. The van der Waals surface area contributed by atoms with Crippen molar-refractivity contribution in [3.05, 3.63) is 33.1 Å². The maximum Gasteiger partial charge on any atom is 0.309 e. The lowest BCUT2D eigenvalue weighted by atomic mass is 10.1. The monoisotopic (exact) mass is 246 g/mol. The molecule has 6 nitrogen and oxygen atoms in total. The van der Waals surface area contributed by atoms with Crippen LogP contribution in [0.3, 0.4) is 0 Å². The van der Waals surface area contributed by atoms with Crippen molar-refractivity contribution >= 4 is 11.7 Å². The van der Waals surface area contributed by atoms with Gasteiger partial charge in [0.2, 0.25) is 0 Å². The maximum absolute atomic E-state index is 12.5. The number of aromatic nitrogens is 1. The number of rotatable bonds is 4. The first-order valence-corrected chi connectivity index (χ1v) is 4.47. The quantitative estimate of drug-likeness (QED) is 0.646. The number of carboxylic acids is 1. The van der Waals surface area contributed by atoms with Crippen molar-refractivity contribution in [2.24, 2.45) is 0 Å². The molecule has 1 rings (SSSR count). The number of halogens is 2. The number of nitro groups is 1. The summed E-state index contributed by atoms with van der Waals surface area (Å²) in [6, 6.07) is 0.909. The summed E-state index contributed by atoms with van der Waals surface area (Å²) in [5.41, 5.74) is -1.70. The maximum atomic E-state index is 12.5. The van der Waals surface area contributed by atoms with Crippen LogP contribution in [0.2, 0.25) is 0 Å². The summed E-state index contributed by atoms with van der Waals surface area (Å²) in [4.78, 5) is 23.4. The number of carboxylic acid groups (broad SMARTS) is 1. The van der Waals surface area contributed by atoms with E-state index < -0.39 is 35.1 Å². The van der Waals surface area contributed by atoms with Gasteiger partial charge in [0.1, 0.15) is 0 Å². The average Bonchev–Trinajstić information content (AvgIpc) is 2.19. The second kappa shape index (κ2) is 4.81. The first-order valence-electron chi connectivity index (χ1n) is 4.47. The van der Waals surface area contributed by atoms with Crippen LogP contribution in [0.25, 0.3) is 0 Å². The second-order valence-electron chi connectivity index (χ2n) is 3.28. The van der Waals surface area contributed by atoms with Gasteiger partial charge in [0, 0.05) is 6.07 Å².